The standard InChI is InChI=1S/C15H19NO5S/c1-3-22(20,21)12-7-5-4-6-11(12)13(17)16-9-8-15(2,10-16)14(18)19/h4-7H,3,8-10H2,1-2H3,(H,18,19)/t15-/m0/s1. The fourth-order valence-electron chi connectivity index (χ4n) is 2.55. The summed E-state index contributed by atoms with van der Waals surface area (Å²) in [6.45, 7) is 3.51. The number of amides is 1. The number of carbonyl (C=O) groups excluding carboxylic acids is 1. The maximum absolute atomic E-state index is 12.6. The van der Waals surface area contributed by atoms with E-state index in [1.54, 1.807) is 19.1 Å². The van der Waals surface area contributed by atoms with Gasteiger partial charge in [-0.1, -0.05) is 19.1 Å². The van der Waals surface area contributed by atoms with Crippen molar-refractivity contribution in [2.45, 2.75) is 25.2 Å². The Morgan fingerprint density at radius 3 is 2.50 bits per heavy atom. The van der Waals surface area contributed by atoms with Crippen molar-refractivity contribution in [1.82, 2.24) is 4.90 Å². The molecule has 0 saturated carbocycles. The number of rotatable bonds is 4. The molecule has 1 heterocycles. The second-order valence-corrected chi connectivity index (χ2v) is 7.99. The highest BCUT2D eigenvalue weighted by Crippen LogP contribution is 2.31. The first-order valence-electron chi connectivity index (χ1n) is 7.06. The summed E-state index contributed by atoms with van der Waals surface area (Å²) in [5.74, 6) is -1.47. The molecule has 120 valence electrons. The summed E-state index contributed by atoms with van der Waals surface area (Å²) < 4.78 is 24.2. The lowest BCUT2D eigenvalue weighted by Crippen LogP contribution is -2.35. The van der Waals surface area contributed by atoms with Crippen LogP contribution in [-0.4, -0.2) is 49.1 Å². The zero-order valence-corrected chi connectivity index (χ0v) is 13.4. The van der Waals surface area contributed by atoms with Gasteiger partial charge in [0.1, 0.15) is 0 Å². The van der Waals surface area contributed by atoms with Crippen LogP contribution in [0.25, 0.3) is 0 Å². The molecule has 0 radical (unpaired) electrons. The smallest absolute Gasteiger partial charge is 0.311 e. The Balaban J connectivity index is 2.35. The minimum Gasteiger partial charge on any atom is -0.481 e. The first-order chi connectivity index (χ1) is 10.2. The Bertz CT molecular complexity index is 712. The van der Waals surface area contributed by atoms with Gasteiger partial charge in [-0.2, -0.15) is 0 Å². The molecule has 0 aromatic heterocycles. The Labute approximate surface area is 129 Å². The third-order valence-corrected chi connectivity index (χ3v) is 5.90. The van der Waals surface area contributed by atoms with Crippen LogP contribution >= 0.6 is 0 Å². The van der Waals surface area contributed by atoms with Crippen molar-refractivity contribution in [1.29, 1.82) is 0 Å². The number of carboxylic acid groups (broad SMARTS) is 1. The van der Waals surface area contributed by atoms with Crippen molar-refractivity contribution < 1.29 is 23.1 Å². The molecule has 0 unspecified atom stereocenters. The van der Waals surface area contributed by atoms with E-state index in [-0.39, 0.29) is 22.8 Å². The molecular weight excluding hydrogens is 306 g/mol. The van der Waals surface area contributed by atoms with Gasteiger partial charge in [0, 0.05) is 13.1 Å². The highest BCUT2D eigenvalue weighted by molar-refractivity contribution is 7.91. The Kier molecular flexibility index (Phi) is 4.28. The van der Waals surface area contributed by atoms with Crippen molar-refractivity contribution in [2.24, 2.45) is 5.41 Å². The first-order valence-corrected chi connectivity index (χ1v) is 8.71. The van der Waals surface area contributed by atoms with Crippen LogP contribution in [-0.2, 0) is 14.6 Å². The average molecular weight is 325 g/mol. The molecule has 1 aliphatic heterocycles. The molecule has 1 amide bonds. The van der Waals surface area contributed by atoms with Gasteiger partial charge in [-0.05, 0) is 25.5 Å². The third kappa shape index (κ3) is 2.85. The number of nitrogens with zero attached hydrogens (tertiary/aromatic N) is 1. The van der Waals surface area contributed by atoms with Crippen LogP contribution in [0.4, 0.5) is 0 Å². The molecular formula is C15H19NO5S. The lowest BCUT2D eigenvalue weighted by molar-refractivity contribution is -0.147. The minimum absolute atomic E-state index is 0.00595. The molecule has 1 atom stereocenters. The summed E-state index contributed by atoms with van der Waals surface area (Å²) in [6, 6.07) is 6.07. The highest BCUT2D eigenvalue weighted by Gasteiger charge is 2.42. The second kappa shape index (κ2) is 5.72. The van der Waals surface area contributed by atoms with Crippen molar-refractivity contribution in [3.05, 3.63) is 29.8 Å². The quantitative estimate of drug-likeness (QED) is 0.904. The number of carbonyl (C=O) groups is 2. The predicted octanol–water partition coefficient (Wildman–Crippen LogP) is 1.42. The van der Waals surface area contributed by atoms with Crippen molar-refractivity contribution in [3.63, 3.8) is 0 Å². The number of aliphatic carboxylic acids is 1. The van der Waals surface area contributed by atoms with Gasteiger partial charge in [0.15, 0.2) is 9.84 Å². The van der Waals surface area contributed by atoms with E-state index in [0.29, 0.717) is 13.0 Å². The Morgan fingerprint density at radius 1 is 1.32 bits per heavy atom. The SMILES string of the molecule is CCS(=O)(=O)c1ccccc1C(=O)N1CC[C@](C)(C(=O)O)C1. The highest BCUT2D eigenvalue weighted by atomic mass is 32.2. The van der Waals surface area contributed by atoms with Gasteiger partial charge in [-0.25, -0.2) is 8.42 Å². The van der Waals surface area contributed by atoms with Crippen LogP contribution in [0.3, 0.4) is 0 Å². The topological polar surface area (TPSA) is 91.8 Å². The van der Waals surface area contributed by atoms with Gasteiger partial charge >= 0.3 is 5.97 Å². The predicted molar refractivity (Wildman–Crippen MR) is 80.4 cm³/mol. The molecule has 7 heteroatoms. The van der Waals surface area contributed by atoms with Gasteiger partial charge in [-0.15, -0.1) is 0 Å². The van der Waals surface area contributed by atoms with Gasteiger partial charge in [0.05, 0.1) is 21.6 Å². The zero-order chi connectivity index (χ0) is 16.5. The van der Waals surface area contributed by atoms with Gasteiger partial charge in [0.2, 0.25) is 0 Å². The lowest BCUT2D eigenvalue weighted by atomic mass is 9.90. The third-order valence-electron chi connectivity index (χ3n) is 4.11. The fourth-order valence-corrected chi connectivity index (χ4v) is 3.64. The van der Waals surface area contributed by atoms with Crippen LogP contribution in [0, 0.1) is 5.41 Å². The van der Waals surface area contributed by atoms with Crippen LogP contribution in [0.2, 0.25) is 0 Å². The number of hydrogen-bond donors (Lipinski definition) is 1. The van der Waals surface area contributed by atoms with E-state index < -0.39 is 27.1 Å². The number of hydrogen-bond acceptors (Lipinski definition) is 4. The molecule has 2 rings (SSSR count). The molecule has 1 saturated heterocycles. The molecule has 1 aliphatic rings. The van der Waals surface area contributed by atoms with E-state index in [9.17, 15) is 23.1 Å². The van der Waals surface area contributed by atoms with Gasteiger partial charge < -0.3 is 10.0 Å². The zero-order valence-electron chi connectivity index (χ0n) is 12.6. The maximum atomic E-state index is 12.6. The second-order valence-electron chi connectivity index (χ2n) is 5.74. The van der Waals surface area contributed by atoms with E-state index in [0.717, 1.165) is 0 Å². The van der Waals surface area contributed by atoms with E-state index in [4.69, 9.17) is 0 Å². The summed E-state index contributed by atoms with van der Waals surface area (Å²) >= 11 is 0. The van der Waals surface area contributed by atoms with E-state index in [1.165, 1.54) is 24.0 Å². The molecule has 1 N–H and O–H groups in total. The first kappa shape index (κ1) is 16.5. The molecule has 22 heavy (non-hydrogen) atoms. The number of carboxylic acids is 1. The Morgan fingerprint density at radius 2 is 1.95 bits per heavy atom. The van der Waals surface area contributed by atoms with Gasteiger partial charge in [-0.3, -0.25) is 9.59 Å². The Hall–Kier alpha value is -1.89. The number of benzene rings is 1. The lowest BCUT2D eigenvalue weighted by Gasteiger charge is -2.21. The van der Waals surface area contributed by atoms with Crippen LogP contribution < -0.4 is 0 Å². The van der Waals surface area contributed by atoms with Crippen molar-refractivity contribution in [3.8, 4) is 0 Å². The summed E-state index contributed by atoms with van der Waals surface area (Å²) in [6.07, 6.45) is 0.358. The number of sulfone groups is 1. The molecule has 0 aliphatic carbocycles. The van der Waals surface area contributed by atoms with Gasteiger partial charge in [0.25, 0.3) is 5.91 Å². The largest absolute Gasteiger partial charge is 0.481 e. The number of likely N-dealkylation sites (tertiary alicyclic amines) is 1. The molecule has 1 aromatic rings. The fraction of sp³-hybridized carbons (Fsp3) is 0.467. The normalized spacial score (nSPS) is 21.8. The summed E-state index contributed by atoms with van der Waals surface area (Å²) in [5.41, 5.74) is -0.868. The molecule has 0 spiro atoms. The minimum atomic E-state index is -3.51. The summed E-state index contributed by atoms with van der Waals surface area (Å²) in [4.78, 5) is 25.3. The van der Waals surface area contributed by atoms with E-state index >= 15 is 0 Å². The van der Waals surface area contributed by atoms with Crippen LogP contribution in [0.1, 0.15) is 30.6 Å². The summed E-state index contributed by atoms with van der Waals surface area (Å²) in [5, 5.41) is 9.23. The monoisotopic (exact) mass is 325 g/mol. The van der Waals surface area contributed by atoms with Crippen molar-refractivity contribution >= 4 is 21.7 Å². The van der Waals surface area contributed by atoms with E-state index in [2.05, 4.69) is 0 Å². The van der Waals surface area contributed by atoms with E-state index in [1.807, 2.05) is 0 Å². The molecule has 0 bridgehead atoms. The maximum Gasteiger partial charge on any atom is 0.311 e. The van der Waals surface area contributed by atoms with Crippen LogP contribution in [0.15, 0.2) is 29.2 Å². The van der Waals surface area contributed by atoms with Crippen molar-refractivity contribution in [2.75, 3.05) is 18.8 Å². The average Bonchev–Trinajstić information content (AvgIpc) is 2.90. The molecule has 1 aromatic carbocycles. The molecule has 6 nitrogen and oxygen atoms in total. The summed E-state index contributed by atoms with van der Waals surface area (Å²) in [7, 11) is -3.51. The van der Waals surface area contributed by atoms with Crippen LogP contribution in [0.5, 0.6) is 0 Å². The molecule has 1 fully saturated rings.